The van der Waals surface area contributed by atoms with Crippen molar-refractivity contribution in [3.8, 4) is 5.95 Å². The smallest absolute Gasteiger partial charge is 0.256 e. The lowest BCUT2D eigenvalue weighted by Crippen LogP contribution is -2.08. The Hall–Kier alpha value is -1.63. The van der Waals surface area contributed by atoms with E-state index in [9.17, 15) is 0 Å². The SMILES string of the molecule is CNc1nc(SC(C)C)nc(-n2cccn2)n1. The minimum Gasteiger partial charge on any atom is -0.357 e. The van der Waals surface area contributed by atoms with Gasteiger partial charge in [-0.2, -0.15) is 20.1 Å². The lowest BCUT2D eigenvalue weighted by Gasteiger charge is -2.07. The van der Waals surface area contributed by atoms with Gasteiger partial charge < -0.3 is 5.32 Å². The van der Waals surface area contributed by atoms with E-state index in [4.69, 9.17) is 0 Å². The van der Waals surface area contributed by atoms with Crippen molar-refractivity contribution in [1.29, 1.82) is 0 Å². The molecule has 0 aliphatic heterocycles. The average Bonchev–Trinajstić information content (AvgIpc) is 2.81. The zero-order chi connectivity index (χ0) is 12.3. The Morgan fingerprint density at radius 1 is 1.29 bits per heavy atom. The van der Waals surface area contributed by atoms with Gasteiger partial charge in [0.05, 0.1) is 0 Å². The minimum absolute atomic E-state index is 0.424. The van der Waals surface area contributed by atoms with Crippen LogP contribution in [0.2, 0.25) is 0 Å². The Morgan fingerprint density at radius 2 is 2.12 bits per heavy atom. The van der Waals surface area contributed by atoms with Gasteiger partial charge in [0.15, 0.2) is 5.16 Å². The second-order valence-electron chi connectivity index (χ2n) is 3.61. The van der Waals surface area contributed by atoms with E-state index in [2.05, 4.69) is 39.2 Å². The summed E-state index contributed by atoms with van der Waals surface area (Å²) in [6, 6.07) is 1.83. The van der Waals surface area contributed by atoms with Crippen molar-refractivity contribution in [3.05, 3.63) is 18.5 Å². The monoisotopic (exact) mass is 250 g/mol. The Labute approximate surface area is 104 Å². The zero-order valence-corrected chi connectivity index (χ0v) is 10.8. The maximum Gasteiger partial charge on any atom is 0.256 e. The first-order valence-electron chi connectivity index (χ1n) is 5.29. The number of nitrogens with zero attached hydrogens (tertiary/aromatic N) is 5. The van der Waals surface area contributed by atoms with Crippen LogP contribution in [0.15, 0.2) is 23.6 Å². The van der Waals surface area contributed by atoms with Gasteiger partial charge in [-0.1, -0.05) is 25.6 Å². The van der Waals surface area contributed by atoms with Gasteiger partial charge in [-0.05, 0) is 6.07 Å². The lowest BCUT2D eigenvalue weighted by atomic mass is 10.6. The highest BCUT2D eigenvalue weighted by Crippen LogP contribution is 2.20. The van der Waals surface area contributed by atoms with Crippen LogP contribution in [0.3, 0.4) is 0 Å². The van der Waals surface area contributed by atoms with Crippen LogP contribution in [-0.4, -0.2) is 37.0 Å². The summed E-state index contributed by atoms with van der Waals surface area (Å²) in [6.07, 6.45) is 3.50. The summed E-state index contributed by atoms with van der Waals surface area (Å²) in [5, 5.41) is 8.16. The van der Waals surface area contributed by atoms with Crippen LogP contribution in [0.4, 0.5) is 5.95 Å². The van der Waals surface area contributed by atoms with Gasteiger partial charge in [0.2, 0.25) is 5.95 Å². The van der Waals surface area contributed by atoms with Gasteiger partial charge in [0, 0.05) is 24.7 Å². The van der Waals surface area contributed by atoms with E-state index in [0.717, 1.165) is 0 Å². The van der Waals surface area contributed by atoms with E-state index in [1.165, 1.54) is 0 Å². The standard InChI is InChI=1S/C10H14N6S/c1-7(2)17-10-14-8(11-3)13-9(15-10)16-6-4-5-12-16/h4-7H,1-3H3,(H,11,13,14,15). The second-order valence-corrected chi connectivity index (χ2v) is 5.15. The van der Waals surface area contributed by atoms with Crippen molar-refractivity contribution >= 4 is 17.7 Å². The van der Waals surface area contributed by atoms with Crippen LogP contribution in [0.5, 0.6) is 0 Å². The predicted octanol–water partition coefficient (Wildman–Crippen LogP) is 1.60. The topological polar surface area (TPSA) is 68.5 Å². The molecular weight excluding hydrogens is 236 g/mol. The average molecular weight is 250 g/mol. The normalized spacial score (nSPS) is 10.8. The fourth-order valence-corrected chi connectivity index (χ4v) is 1.91. The van der Waals surface area contributed by atoms with Crippen molar-refractivity contribution < 1.29 is 0 Å². The van der Waals surface area contributed by atoms with Crippen molar-refractivity contribution in [2.75, 3.05) is 12.4 Å². The van der Waals surface area contributed by atoms with Gasteiger partial charge in [-0.3, -0.25) is 0 Å². The van der Waals surface area contributed by atoms with Gasteiger partial charge in [-0.25, -0.2) is 4.68 Å². The molecule has 0 aromatic carbocycles. The highest BCUT2D eigenvalue weighted by atomic mass is 32.2. The Kier molecular flexibility index (Phi) is 3.58. The van der Waals surface area contributed by atoms with Crippen LogP contribution in [0.25, 0.3) is 5.95 Å². The molecule has 7 heteroatoms. The first kappa shape index (κ1) is 11.8. The fraction of sp³-hybridized carbons (Fsp3) is 0.400. The molecule has 6 nitrogen and oxygen atoms in total. The summed E-state index contributed by atoms with van der Waals surface area (Å²) < 4.78 is 1.62. The zero-order valence-electron chi connectivity index (χ0n) is 9.95. The molecule has 2 heterocycles. The fourth-order valence-electron chi connectivity index (χ4n) is 1.21. The first-order valence-corrected chi connectivity index (χ1v) is 6.17. The molecule has 0 amide bonds. The summed E-state index contributed by atoms with van der Waals surface area (Å²) in [5.41, 5.74) is 0. The minimum atomic E-state index is 0.424. The first-order chi connectivity index (χ1) is 8.19. The highest BCUT2D eigenvalue weighted by Gasteiger charge is 2.09. The predicted molar refractivity (Wildman–Crippen MR) is 67.5 cm³/mol. The molecular formula is C10H14N6S. The summed E-state index contributed by atoms with van der Waals surface area (Å²) in [6.45, 7) is 4.20. The molecule has 1 N–H and O–H groups in total. The third kappa shape index (κ3) is 2.94. The van der Waals surface area contributed by atoms with E-state index >= 15 is 0 Å². The maximum atomic E-state index is 4.37. The number of hydrogen-bond donors (Lipinski definition) is 1. The molecule has 0 bridgehead atoms. The van der Waals surface area contributed by atoms with E-state index in [1.54, 1.807) is 35.9 Å². The van der Waals surface area contributed by atoms with Crippen LogP contribution >= 0.6 is 11.8 Å². The number of nitrogens with one attached hydrogen (secondary N) is 1. The second kappa shape index (κ2) is 5.13. The molecule has 0 saturated carbocycles. The number of rotatable bonds is 4. The summed E-state index contributed by atoms with van der Waals surface area (Å²) in [5.74, 6) is 1.08. The molecule has 0 radical (unpaired) electrons. The van der Waals surface area contributed by atoms with Crippen molar-refractivity contribution in [3.63, 3.8) is 0 Å². The van der Waals surface area contributed by atoms with Gasteiger partial charge in [0.1, 0.15) is 0 Å². The molecule has 0 aliphatic rings. The Bertz CT molecular complexity index is 482. The highest BCUT2D eigenvalue weighted by molar-refractivity contribution is 7.99. The molecule has 0 unspecified atom stereocenters. The molecule has 2 aromatic rings. The van der Waals surface area contributed by atoms with Crippen LogP contribution in [0.1, 0.15) is 13.8 Å². The number of hydrogen-bond acceptors (Lipinski definition) is 6. The summed E-state index contributed by atoms with van der Waals surface area (Å²) in [4.78, 5) is 12.9. The van der Waals surface area contributed by atoms with Crippen LogP contribution < -0.4 is 5.32 Å². The molecule has 0 fully saturated rings. The third-order valence-corrected chi connectivity index (χ3v) is 2.74. The van der Waals surface area contributed by atoms with Crippen LogP contribution in [-0.2, 0) is 0 Å². The largest absolute Gasteiger partial charge is 0.357 e. The molecule has 17 heavy (non-hydrogen) atoms. The molecule has 90 valence electrons. The van der Waals surface area contributed by atoms with E-state index in [1.807, 2.05) is 6.07 Å². The van der Waals surface area contributed by atoms with Gasteiger partial charge in [-0.15, -0.1) is 0 Å². The van der Waals surface area contributed by atoms with E-state index < -0.39 is 0 Å². The molecule has 2 aromatic heterocycles. The van der Waals surface area contributed by atoms with Gasteiger partial charge in [0.25, 0.3) is 5.95 Å². The maximum absolute atomic E-state index is 4.37. The molecule has 2 rings (SSSR count). The van der Waals surface area contributed by atoms with Crippen molar-refractivity contribution in [1.82, 2.24) is 24.7 Å². The van der Waals surface area contributed by atoms with E-state index in [0.29, 0.717) is 22.3 Å². The quantitative estimate of drug-likeness (QED) is 0.831. The lowest BCUT2D eigenvalue weighted by molar-refractivity contribution is 0.761. The molecule has 0 atom stereocenters. The Balaban J connectivity index is 2.38. The van der Waals surface area contributed by atoms with E-state index in [-0.39, 0.29) is 0 Å². The molecule has 0 saturated heterocycles. The molecule has 0 spiro atoms. The molecule has 0 aliphatic carbocycles. The number of aromatic nitrogens is 5. The summed E-state index contributed by atoms with van der Waals surface area (Å²) >= 11 is 1.60. The number of thioether (sulfide) groups is 1. The van der Waals surface area contributed by atoms with Crippen molar-refractivity contribution in [2.24, 2.45) is 0 Å². The Morgan fingerprint density at radius 3 is 2.71 bits per heavy atom. The van der Waals surface area contributed by atoms with Crippen LogP contribution in [0, 0.1) is 0 Å². The number of anilines is 1. The summed E-state index contributed by atoms with van der Waals surface area (Å²) in [7, 11) is 1.78. The van der Waals surface area contributed by atoms with Crippen molar-refractivity contribution in [2.45, 2.75) is 24.3 Å². The van der Waals surface area contributed by atoms with Gasteiger partial charge >= 0.3 is 0 Å². The third-order valence-electron chi connectivity index (χ3n) is 1.88.